The number of hydrogen-bond acceptors (Lipinski definition) is 2. The maximum atomic E-state index is 12.4. The summed E-state index contributed by atoms with van der Waals surface area (Å²) in [5.41, 5.74) is 0. The fourth-order valence-corrected chi connectivity index (χ4v) is 3.29. The third-order valence-corrected chi connectivity index (χ3v) is 4.69. The molecule has 1 aliphatic heterocycles. The summed E-state index contributed by atoms with van der Waals surface area (Å²) in [6.45, 7) is 2.75. The van der Waals surface area contributed by atoms with Crippen molar-refractivity contribution in [2.45, 2.75) is 44.9 Å². The molecule has 1 heterocycles. The van der Waals surface area contributed by atoms with Gasteiger partial charge in [0.2, 0.25) is 11.8 Å². The molecule has 1 saturated carbocycles. The SMILES string of the molecule is O=C(CCCCl)N1CCN(C(=O)C2CCCCC2)CC1. The number of nitrogens with zero attached hydrogens (tertiary/aromatic N) is 2. The lowest BCUT2D eigenvalue weighted by molar-refractivity contribution is -0.142. The highest BCUT2D eigenvalue weighted by Gasteiger charge is 2.29. The predicted octanol–water partition coefficient (Wildman–Crippen LogP) is 2.26. The molecule has 1 aliphatic carbocycles. The van der Waals surface area contributed by atoms with Crippen LogP contribution in [0.2, 0.25) is 0 Å². The summed E-state index contributed by atoms with van der Waals surface area (Å²) in [7, 11) is 0. The zero-order valence-corrected chi connectivity index (χ0v) is 12.9. The number of amides is 2. The smallest absolute Gasteiger partial charge is 0.225 e. The van der Waals surface area contributed by atoms with Gasteiger partial charge in [0.05, 0.1) is 0 Å². The fourth-order valence-electron chi connectivity index (χ4n) is 3.16. The van der Waals surface area contributed by atoms with Crippen molar-refractivity contribution in [2.24, 2.45) is 5.92 Å². The van der Waals surface area contributed by atoms with E-state index in [9.17, 15) is 9.59 Å². The van der Waals surface area contributed by atoms with Gasteiger partial charge in [-0.1, -0.05) is 19.3 Å². The molecule has 5 heteroatoms. The Labute approximate surface area is 126 Å². The molecule has 2 rings (SSSR count). The van der Waals surface area contributed by atoms with Crippen molar-refractivity contribution in [3.63, 3.8) is 0 Å². The third kappa shape index (κ3) is 4.11. The van der Waals surface area contributed by atoms with E-state index in [-0.39, 0.29) is 11.8 Å². The molecule has 0 unspecified atom stereocenters. The molecule has 0 bridgehead atoms. The largest absolute Gasteiger partial charge is 0.339 e. The molecule has 2 fully saturated rings. The maximum Gasteiger partial charge on any atom is 0.225 e. The molecule has 114 valence electrons. The molecular formula is C15H25ClN2O2. The van der Waals surface area contributed by atoms with Gasteiger partial charge in [-0.2, -0.15) is 0 Å². The van der Waals surface area contributed by atoms with Crippen LogP contribution >= 0.6 is 11.6 Å². The number of alkyl halides is 1. The first-order valence-corrected chi connectivity index (χ1v) is 8.38. The Morgan fingerprint density at radius 2 is 1.55 bits per heavy atom. The number of rotatable bonds is 4. The second-order valence-corrected chi connectivity index (χ2v) is 6.21. The minimum Gasteiger partial charge on any atom is -0.339 e. The molecule has 0 aromatic rings. The Morgan fingerprint density at radius 1 is 0.950 bits per heavy atom. The second-order valence-electron chi connectivity index (χ2n) is 5.83. The molecule has 2 aliphatic rings. The van der Waals surface area contributed by atoms with Crippen molar-refractivity contribution in [3.05, 3.63) is 0 Å². The Balaban J connectivity index is 1.75. The number of hydrogen-bond donors (Lipinski definition) is 0. The van der Waals surface area contributed by atoms with Crippen molar-refractivity contribution >= 4 is 23.4 Å². The topological polar surface area (TPSA) is 40.6 Å². The van der Waals surface area contributed by atoms with Gasteiger partial charge in [0.15, 0.2) is 0 Å². The molecule has 0 N–H and O–H groups in total. The lowest BCUT2D eigenvalue weighted by Gasteiger charge is -2.37. The van der Waals surface area contributed by atoms with E-state index in [2.05, 4.69) is 0 Å². The summed E-state index contributed by atoms with van der Waals surface area (Å²) in [6.07, 6.45) is 7.01. The van der Waals surface area contributed by atoms with Crippen LogP contribution in [0.1, 0.15) is 44.9 Å². The second kappa shape index (κ2) is 7.87. The number of piperazine rings is 1. The van der Waals surface area contributed by atoms with E-state index in [1.54, 1.807) is 0 Å². The monoisotopic (exact) mass is 300 g/mol. The third-order valence-electron chi connectivity index (χ3n) is 4.42. The Morgan fingerprint density at radius 3 is 2.15 bits per heavy atom. The van der Waals surface area contributed by atoms with Crippen molar-refractivity contribution in [1.29, 1.82) is 0 Å². The van der Waals surface area contributed by atoms with E-state index < -0.39 is 0 Å². The molecule has 4 nitrogen and oxygen atoms in total. The van der Waals surface area contributed by atoms with Gasteiger partial charge in [-0.05, 0) is 19.3 Å². The van der Waals surface area contributed by atoms with Crippen LogP contribution in [0.3, 0.4) is 0 Å². The summed E-state index contributed by atoms with van der Waals surface area (Å²) in [4.78, 5) is 28.1. The molecule has 2 amide bonds. The molecule has 0 aromatic carbocycles. The van der Waals surface area contributed by atoms with Crippen LogP contribution in [0.15, 0.2) is 0 Å². The van der Waals surface area contributed by atoms with Crippen molar-refractivity contribution in [2.75, 3.05) is 32.1 Å². The first-order chi connectivity index (χ1) is 9.72. The van der Waals surface area contributed by atoms with Crippen LogP contribution in [-0.4, -0.2) is 53.7 Å². The molecule has 0 atom stereocenters. The van der Waals surface area contributed by atoms with Crippen LogP contribution in [0.5, 0.6) is 0 Å². The van der Waals surface area contributed by atoms with Gasteiger partial charge in [0.25, 0.3) is 0 Å². The predicted molar refractivity (Wildman–Crippen MR) is 79.7 cm³/mol. The zero-order chi connectivity index (χ0) is 14.4. The van der Waals surface area contributed by atoms with E-state index in [0.717, 1.165) is 19.3 Å². The van der Waals surface area contributed by atoms with Gasteiger partial charge in [-0.25, -0.2) is 0 Å². The average molecular weight is 301 g/mol. The molecule has 0 aromatic heterocycles. The van der Waals surface area contributed by atoms with E-state index in [1.165, 1.54) is 19.3 Å². The van der Waals surface area contributed by atoms with Gasteiger partial charge in [0, 0.05) is 44.4 Å². The van der Waals surface area contributed by atoms with Crippen molar-refractivity contribution in [1.82, 2.24) is 9.80 Å². The first kappa shape index (κ1) is 15.6. The minimum absolute atomic E-state index is 0.176. The minimum atomic E-state index is 0.176. The summed E-state index contributed by atoms with van der Waals surface area (Å²) >= 11 is 5.61. The van der Waals surface area contributed by atoms with E-state index in [1.807, 2.05) is 9.80 Å². The average Bonchev–Trinajstić information content (AvgIpc) is 2.53. The number of halogens is 1. The van der Waals surface area contributed by atoms with Crippen LogP contribution in [0, 0.1) is 5.92 Å². The lowest BCUT2D eigenvalue weighted by atomic mass is 9.88. The Kier molecular flexibility index (Phi) is 6.14. The highest BCUT2D eigenvalue weighted by molar-refractivity contribution is 6.17. The molecule has 1 saturated heterocycles. The van der Waals surface area contributed by atoms with Gasteiger partial charge < -0.3 is 9.80 Å². The quantitative estimate of drug-likeness (QED) is 0.747. The lowest BCUT2D eigenvalue weighted by Crippen LogP contribution is -2.52. The van der Waals surface area contributed by atoms with Crippen molar-refractivity contribution < 1.29 is 9.59 Å². The highest BCUT2D eigenvalue weighted by Crippen LogP contribution is 2.25. The Hall–Kier alpha value is -0.770. The maximum absolute atomic E-state index is 12.4. The van der Waals surface area contributed by atoms with Gasteiger partial charge in [-0.15, -0.1) is 11.6 Å². The van der Waals surface area contributed by atoms with Crippen LogP contribution in [0.25, 0.3) is 0 Å². The van der Waals surface area contributed by atoms with Crippen molar-refractivity contribution in [3.8, 4) is 0 Å². The Bertz CT molecular complexity index is 335. The number of carbonyl (C=O) groups is 2. The van der Waals surface area contributed by atoms with E-state index in [4.69, 9.17) is 11.6 Å². The first-order valence-electron chi connectivity index (χ1n) is 7.85. The van der Waals surface area contributed by atoms with Gasteiger partial charge in [0.1, 0.15) is 0 Å². The summed E-state index contributed by atoms with van der Waals surface area (Å²) < 4.78 is 0. The fraction of sp³-hybridized carbons (Fsp3) is 0.867. The summed E-state index contributed by atoms with van der Waals surface area (Å²) in [6, 6.07) is 0. The highest BCUT2D eigenvalue weighted by atomic mass is 35.5. The molecular weight excluding hydrogens is 276 g/mol. The van der Waals surface area contributed by atoms with Crippen LogP contribution in [0.4, 0.5) is 0 Å². The van der Waals surface area contributed by atoms with Crippen LogP contribution in [-0.2, 0) is 9.59 Å². The van der Waals surface area contributed by atoms with Crippen LogP contribution < -0.4 is 0 Å². The van der Waals surface area contributed by atoms with E-state index >= 15 is 0 Å². The normalized spacial score (nSPS) is 21.1. The van der Waals surface area contributed by atoms with E-state index in [0.29, 0.717) is 44.4 Å². The molecule has 0 spiro atoms. The number of carbonyl (C=O) groups excluding carboxylic acids is 2. The molecule has 20 heavy (non-hydrogen) atoms. The summed E-state index contributed by atoms with van der Waals surface area (Å²) in [5.74, 6) is 1.27. The van der Waals surface area contributed by atoms with Gasteiger partial charge >= 0.3 is 0 Å². The summed E-state index contributed by atoms with van der Waals surface area (Å²) in [5, 5.41) is 0. The molecule has 0 radical (unpaired) electrons. The van der Waals surface area contributed by atoms with Gasteiger partial charge in [-0.3, -0.25) is 9.59 Å². The zero-order valence-electron chi connectivity index (χ0n) is 12.2. The standard InChI is InChI=1S/C15H25ClN2O2/c16-8-4-7-14(19)17-9-11-18(12-10-17)15(20)13-5-2-1-3-6-13/h13H,1-12H2.